The van der Waals surface area contributed by atoms with Gasteiger partial charge in [-0.15, -0.1) is 10.2 Å². The van der Waals surface area contributed by atoms with Gasteiger partial charge in [0.2, 0.25) is 17.7 Å². The summed E-state index contributed by atoms with van der Waals surface area (Å²) in [5.74, 6) is 1.02. The van der Waals surface area contributed by atoms with Gasteiger partial charge in [0, 0.05) is 12.0 Å². The van der Waals surface area contributed by atoms with E-state index in [2.05, 4.69) is 22.4 Å². The van der Waals surface area contributed by atoms with Gasteiger partial charge in [0.15, 0.2) is 0 Å². The normalized spacial score (nSPS) is 11.8. The first-order chi connectivity index (χ1) is 14.1. The first-order valence-electron chi connectivity index (χ1n) is 9.58. The lowest BCUT2D eigenvalue weighted by Gasteiger charge is -2.16. The van der Waals surface area contributed by atoms with Gasteiger partial charge < -0.3 is 14.5 Å². The number of amides is 1. The fourth-order valence-electron chi connectivity index (χ4n) is 3.14. The van der Waals surface area contributed by atoms with Crippen molar-refractivity contribution >= 4 is 5.91 Å². The van der Waals surface area contributed by atoms with E-state index in [0.29, 0.717) is 24.0 Å². The molecule has 1 unspecified atom stereocenters. The molecule has 0 aliphatic carbocycles. The van der Waals surface area contributed by atoms with E-state index in [1.165, 1.54) is 12.1 Å². The summed E-state index contributed by atoms with van der Waals surface area (Å²) >= 11 is 0. The average Bonchev–Trinajstić information content (AvgIpc) is 3.22. The van der Waals surface area contributed by atoms with Crippen molar-refractivity contribution in [3.63, 3.8) is 0 Å². The molecular formula is C22H24FN3O3. The molecule has 3 aromatic rings. The lowest BCUT2D eigenvalue weighted by Crippen LogP contribution is -2.24. The Morgan fingerprint density at radius 2 is 2.00 bits per heavy atom. The molecule has 0 spiro atoms. The monoisotopic (exact) mass is 397 g/mol. The van der Waals surface area contributed by atoms with Crippen molar-refractivity contribution in [2.75, 3.05) is 7.11 Å². The van der Waals surface area contributed by atoms with E-state index in [-0.39, 0.29) is 24.2 Å². The van der Waals surface area contributed by atoms with Crippen molar-refractivity contribution in [3.8, 4) is 17.2 Å². The van der Waals surface area contributed by atoms with Crippen LogP contribution in [0.3, 0.4) is 0 Å². The number of halogens is 1. The van der Waals surface area contributed by atoms with E-state index >= 15 is 0 Å². The highest BCUT2D eigenvalue weighted by atomic mass is 19.1. The SMILES string of the molecule is CCCC(CC(=O)NCc1nnc(-c2cccc(OC)c2)o1)c1ccc(F)cc1. The summed E-state index contributed by atoms with van der Waals surface area (Å²) in [5.41, 5.74) is 1.70. The van der Waals surface area contributed by atoms with Crippen LogP contribution in [0, 0.1) is 5.82 Å². The molecule has 0 saturated heterocycles. The number of methoxy groups -OCH3 is 1. The number of rotatable bonds is 9. The Morgan fingerprint density at radius 1 is 1.21 bits per heavy atom. The molecule has 0 radical (unpaired) electrons. The Morgan fingerprint density at radius 3 is 2.72 bits per heavy atom. The summed E-state index contributed by atoms with van der Waals surface area (Å²) in [4.78, 5) is 12.4. The van der Waals surface area contributed by atoms with Crippen molar-refractivity contribution in [2.24, 2.45) is 0 Å². The quantitative estimate of drug-likeness (QED) is 0.576. The van der Waals surface area contributed by atoms with E-state index in [4.69, 9.17) is 9.15 Å². The molecule has 1 N–H and O–H groups in total. The molecule has 7 heteroatoms. The first-order valence-corrected chi connectivity index (χ1v) is 9.58. The smallest absolute Gasteiger partial charge is 0.247 e. The molecule has 1 amide bonds. The van der Waals surface area contributed by atoms with Gasteiger partial charge in [-0.3, -0.25) is 4.79 Å². The highest BCUT2D eigenvalue weighted by molar-refractivity contribution is 5.76. The fraction of sp³-hybridized carbons (Fsp3) is 0.318. The third-order valence-corrected chi connectivity index (χ3v) is 4.63. The second kappa shape index (κ2) is 9.82. The van der Waals surface area contributed by atoms with Crippen LogP contribution < -0.4 is 10.1 Å². The van der Waals surface area contributed by atoms with Gasteiger partial charge in [-0.05, 0) is 48.2 Å². The molecule has 1 aromatic heterocycles. The Balaban J connectivity index is 1.58. The van der Waals surface area contributed by atoms with Gasteiger partial charge in [0.05, 0.1) is 13.7 Å². The number of ether oxygens (including phenoxy) is 1. The zero-order valence-corrected chi connectivity index (χ0v) is 16.5. The van der Waals surface area contributed by atoms with Gasteiger partial charge >= 0.3 is 0 Å². The maximum atomic E-state index is 13.2. The first kappa shape index (κ1) is 20.5. The molecule has 0 aliphatic heterocycles. The van der Waals surface area contributed by atoms with Crippen molar-refractivity contribution in [3.05, 3.63) is 65.8 Å². The lowest BCUT2D eigenvalue weighted by molar-refractivity contribution is -0.121. The second-order valence-electron chi connectivity index (χ2n) is 6.75. The van der Waals surface area contributed by atoms with Crippen LogP contribution in [0.25, 0.3) is 11.5 Å². The van der Waals surface area contributed by atoms with Crippen LogP contribution in [0.4, 0.5) is 4.39 Å². The molecule has 29 heavy (non-hydrogen) atoms. The summed E-state index contributed by atoms with van der Waals surface area (Å²) in [6.45, 7) is 2.21. The summed E-state index contributed by atoms with van der Waals surface area (Å²) in [5, 5.41) is 10.8. The summed E-state index contributed by atoms with van der Waals surface area (Å²) in [6, 6.07) is 13.6. The number of hydrogen-bond donors (Lipinski definition) is 1. The molecule has 2 aromatic carbocycles. The predicted molar refractivity (Wildman–Crippen MR) is 107 cm³/mol. The Bertz CT molecular complexity index is 940. The number of carbonyl (C=O) groups is 1. The summed E-state index contributed by atoms with van der Waals surface area (Å²) in [7, 11) is 1.59. The minimum atomic E-state index is -0.281. The van der Waals surface area contributed by atoms with Crippen LogP contribution in [0.2, 0.25) is 0 Å². The predicted octanol–water partition coefficient (Wildman–Crippen LogP) is 4.47. The maximum Gasteiger partial charge on any atom is 0.247 e. The van der Waals surface area contributed by atoms with Crippen LogP contribution in [0.15, 0.2) is 52.9 Å². The fourth-order valence-corrected chi connectivity index (χ4v) is 3.14. The molecule has 0 saturated carbocycles. The minimum absolute atomic E-state index is 0.0376. The molecule has 3 rings (SSSR count). The van der Waals surface area contributed by atoms with Gasteiger partial charge in [-0.25, -0.2) is 4.39 Å². The van der Waals surface area contributed by atoms with Crippen molar-refractivity contribution in [2.45, 2.75) is 38.6 Å². The highest BCUT2D eigenvalue weighted by Gasteiger charge is 2.17. The highest BCUT2D eigenvalue weighted by Crippen LogP contribution is 2.25. The van der Waals surface area contributed by atoms with Crippen LogP contribution in [0.1, 0.15) is 43.6 Å². The second-order valence-corrected chi connectivity index (χ2v) is 6.75. The average molecular weight is 397 g/mol. The Hall–Kier alpha value is -3.22. The molecular weight excluding hydrogens is 373 g/mol. The van der Waals surface area contributed by atoms with Gasteiger partial charge in [-0.2, -0.15) is 0 Å². The number of hydrogen-bond acceptors (Lipinski definition) is 5. The van der Waals surface area contributed by atoms with Crippen LogP contribution in [-0.4, -0.2) is 23.2 Å². The van der Waals surface area contributed by atoms with Gasteiger partial charge in [0.25, 0.3) is 0 Å². The molecule has 0 aliphatic rings. The van der Waals surface area contributed by atoms with Gasteiger partial charge in [-0.1, -0.05) is 31.5 Å². The van der Waals surface area contributed by atoms with E-state index in [1.54, 1.807) is 25.3 Å². The van der Waals surface area contributed by atoms with E-state index in [9.17, 15) is 9.18 Å². The maximum absolute atomic E-state index is 13.2. The van der Waals surface area contributed by atoms with Crippen molar-refractivity contribution in [1.29, 1.82) is 0 Å². The van der Waals surface area contributed by atoms with Crippen LogP contribution in [0.5, 0.6) is 5.75 Å². The van der Waals surface area contributed by atoms with E-state index in [0.717, 1.165) is 24.0 Å². The zero-order valence-electron chi connectivity index (χ0n) is 16.5. The number of aromatic nitrogens is 2. The summed E-state index contributed by atoms with van der Waals surface area (Å²) in [6.07, 6.45) is 2.10. The Kier molecular flexibility index (Phi) is 6.94. The van der Waals surface area contributed by atoms with Crippen molar-refractivity contribution < 1.29 is 18.3 Å². The van der Waals surface area contributed by atoms with Gasteiger partial charge in [0.1, 0.15) is 11.6 Å². The number of nitrogens with zero attached hydrogens (tertiary/aromatic N) is 2. The molecule has 6 nitrogen and oxygen atoms in total. The number of carbonyl (C=O) groups excluding carboxylic acids is 1. The third kappa shape index (κ3) is 5.63. The molecule has 152 valence electrons. The third-order valence-electron chi connectivity index (χ3n) is 4.63. The lowest BCUT2D eigenvalue weighted by atomic mass is 9.91. The molecule has 0 fully saturated rings. The number of benzene rings is 2. The molecule has 1 atom stereocenters. The summed E-state index contributed by atoms with van der Waals surface area (Å²) < 4.78 is 24.0. The minimum Gasteiger partial charge on any atom is -0.497 e. The topological polar surface area (TPSA) is 77.2 Å². The molecule has 1 heterocycles. The largest absolute Gasteiger partial charge is 0.497 e. The standard InChI is InChI=1S/C22H24FN3O3/c1-3-5-16(15-8-10-18(23)11-9-15)13-20(27)24-14-21-25-26-22(29-21)17-6-4-7-19(12-17)28-2/h4,6-12,16H,3,5,13-14H2,1-2H3,(H,24,27). The Labute approximate surface area is 169 Å². The van der Waals surface area contributed by atoms with E-state index in [1.807, 2.05) is 18.2 Å². The van der Waals surface area contributed by atoms with E-state index < -0.39 is 0 Å². The number of nitrogens with one attached hydrogen (secondary N) is 1. The van der Waals surface area contributed by atoms with Crippen LogP contribution >= 0.6 is 0 Å². The zero-order chi connectivity index (χ0) is 20.6. The molecule has 0 bridgehead atoms. The van der Waals surface area contributed by atoms with Crippen molar-refractivity contribution in [1.82, 2.24) is 15.5 Å². The van der Waals surface area contributed by atoms with Crippen LogP contribution in [-0.2, 0) is 11.3 Å².